The number of fused-ring (bicyclic) bond motifs is 2. The Morgan fingerprint density at radius 2 is 1.90 bits per heavy atom. The molecular formula is C22H18N6OS2. The summed E-state index contributed by atoms with van der Waals surface area (Å²) in [5.41, 5.74) is 4.66. The van der Waals surface area contributed by atoms with Crippen LogP contribution in [-0.4, -0.2) is 36.5 Å². The summed E-state index contributed by atoms with van der Waals surface area (Å²) in [6.07, 6.45) is 0.998. The van der Waals surface area contributed by atoms with Crippen molar-refractivity contribution in [1.29, 1.82) is 0 Å². The van der Waals surface area contributed by atoms with Crippen LogP contribution in [0.25, 0.3) is 27.1 Å². The van der Waals surface area contributed by atoms with E-state index in [2.05, 4.69) is 56.8 Å². The van der Waals surface area contributed by atoms with Crippen LogP contribution in [0.15, 0.2) is 65.8 Å². The highest BCUT2D eigenvalue weighted by Gasteiger charge is 2.13. The molecule has 1 amide bonds. The van der Waals surface area contributed by atoms with Crippen molar-refractivity contribution in [3.8, 4) is 11.3 Å². The van der Waals surface area contributed by atoms with Gasteiger partial charge in [0.2, 0.25) is 11.1 Å². The highest BCUT2D eigenvalue weighted by Crippen LogP contribution is 2.26. The minimum absolute atomic E-state index is 0.146. The van der Waals surface area contributed by atoms with Crippen LogP contribution < -0.4 is 5.32 Å². The normalized spacial score (nSPS) is 11.3. The van der Waals surface area contributed by atoms with Crippen LogP contribution in [0.2, 0.25) is 0 Å². The number of nitrogens with one attached hydrogen (secondary N) is 1. The van der Waals surface area contributed by atoms with Crippen molar-refractivity contribution in [2.45, 2.75) is 18.5 Å². The number of aryl methyl sites for hydroxylation is 1. The lowest BCUT2D eigenvalue weighted by Gasteiger charge is -2.04. The molecule has 3 aromatic heterocycles. The maximum absolute atomic E-state index is 12.4. The number of amides is 1. The van der Waals surface area contributed by atoms with Crippen LogP contribution >= 0.6 is 23.1 Å². The van der Waals surface area contributed by atoms with Gasteiger partial charge in [-0.15, -0.1) is 10.2 Å². The summed E-state index contributed by atoms with van der Waals surface area (Å²) in [7, 11) is 0. The van der Waals surface area contributed by atoms with Gasteiger partial charge in [-0.3, -0.25) is 4.79 Å². The minimum Gasteiger partial charge on any atom is -0.301 e. The number of anilines is 1. The quantitative estimate of drug-likeness (QED) is 0.381. The largest absolute Gasteiger partial charge is 0.301 e. The lowest BCUT2D eigenvalue weighted by atomic mass is 10.1. The third kappa shape index (κ3) is 4.14. The van der Waals surface area contributed by atoms with Gasteiger partial charge in [0.25, 0.3) is 0 Å². The second-order valence-electron chi connectivity index (χ2n) is 6.85. The molecule has 154 valence electrons. The molecule has 5 aromatic rings. The van der Waals surface area contributed by atoms with Crippen molar-refractivity contribution in [1.82, 2.24) is 24.8 Å². The Labute approximate surface area is 186 Å². The van der Waals surface area contributed by atoms with E-state index >= 15 is 0 Å². The van der Waals surface area contributed by atoms with Gasteiger partial charge in [-0.25, -0.2) is 4.98 Å². The summed E-state index contributed by atoms with van der Waals surface area (Å²) < 4.78 is 2.72. The molecule has 3 heterocycles. The summed E-state index contributed by atoms with van der Waals surface area (Å²) in [6.45, 7) is 2.13. The average Bonchev–Trinajstić information content (AvgIpc) is 3.40. The van der Waals surface area contributed by atoms with Crippen molar-refractivity contribution in [2.75, 3.05) is 11.1 Å². The number of hydrogen-bond donors (Lipinski definition) is 1. The lowest BCUT2D eigenvalue weighted by molar-refractivity contribution is -0.113. The Bertz CT molecular complexity index is 1340. The average molecular weight is 447 g/mol. The smallest absolute Gasteiger partial charge is 0.236 e. The van der Waals surface area contributed by atoms with Gasteiger partial charge in [0.1, 0.15) is 0 Å². The van der Waals surface area contributed by atoms with Gasteiger partial charge in [0.15, 0.2) is 10.8 Å². The fourth-order valence-corrected chi connectivity index (χ4v) is 4.71. The number of carbonyl (C=O) groups excluding carboxylic acids is 1. The predicted octanol–water partition coefficient (Wildman–Crippen LogP) is 4.69. The maximum Gasteiger partial charge on any atom is 0.236 e. The summed E-state index contributed by atoms with van der Waals surface area (Å²) >= 11 is 2.75. The topological polar surface area (TPSA) is 85.1 Å². The van der Waals surface area contributed by atoms with Gasteiger partial charge in [-0.05, 0) is 36.2 Å². The Morgan fingerprint density at radius 3 is 2.71 bits per heavy atom. The van der Waals surface area contributed by atoms with Gasteiger partial charge in [0, 0.05) is 5.56 Å². The van der Waals surface area contributed by atoms with E-state index < -0.39 is 0 Å². The molecule has 0 aliphatic rings. The van der Waals surface area contributed by atoms with E-state index in [1.54, 1.807) is 4.52 Å². The number of thiazole rings is 1. The Morgan fingerprint density at radius 1 is 1.06 bits per heavy atom. The van der Waals surface area contributed by atoms with Gasteiger partial charge in [0.05, 0.1) is 21.7 Å². The Balaban J connectivity index is 1.30. The van der Waals surface area contributed by atoms with Gasteiger partial charge >= 0.3 is 0 Å². The predicted molar refractivity (Wildman–Crippen MR) is 125 cm³/mol. The molecule has 0 bridgehead atoms. The molecule has 0 spiro atoms. The van der Waals surface area contributed by atoms with Crippen molar-refractivity contribution in [2.24, 2.45) is 0 Å². The summed E-state index contributed by atoms with van der Waals surface area (Å²) in [5, 5.41) is 17.1. The van der Waals surface area contributed by atoms with Gasteiger partial charge < -0.3 is 5.32 Å². The van der Waals surface area contributed by atoms with E-state index in [-0.39, 0.29) is 11.7 Å². The molecule has 0 saturated heterocycles. The first-order chi connectivity index (χ1) is 15.2. The van der Waals surface area contributed by atoms with Crippen molar-refractivity contribution < 1.29 is 4.79 Å². The van der Waals surface area contributed by atoms with Gasteiger partial charge in [-0.1, -0.05) is 66.4 Å². The SMILES string of the molecule is CCc1ccc(-c2ccc3nnc(SCC(=O)Nc4nc5ccccc5s4)n3n2)cc1. The number of rotatable bonds is 6. The van der Waals surface area contributed by atoms with E-state index in [0.717, 1.165) is 27.9 Å². The van der Waals surface area contributed by atoms with E-state index in [9.17, 15) is 4.79 Å². The Hall–Kier alpha value is -3.30. The molecule has 0 aliphatic heterocycles. The number of benzene rings is 2. The highest BCUT2D eigenvalue weighted by atomic mass is 32.2. The maximum atomic E-state index is 12.4. The third-order valence-corrected chi connectivity index (χ3v) is 6.64. The first-order valence-corrected chi connectivity index (χ1v) is 11.6. The fourth-order valence-electron chi connectivity index (χ4n) is 3.14. The first kappa shape index (κ1) is 19.7. The number of carbonyl (C=O) groups is 1. The highest BCUT2D eigenvalue weighted by molar-refractivity contribution is 7.99. The molecule has 0 saturated carbocycles. The van der Waals surface area contributed by atoms with Crippen LogP contribution in [0.5, 0.6) is 0 Å². The van der Waals surface area contributed by atoms with Crippen molar-refractivity contribution >= 4 is 50.0 Å². The number of hydrogen-bond acceptors (Lipinski definition) is 7. The molecule has 0 unspecified atom stereocenters. The zero-order chi connectivity index (χ0) is 21.2. The van der Waals surface area contributed by atoms with Crippen LogP contribution in [0.1, 0.15) is 12.5 Å². The molecule has 0 radical (unpaired) electrons. The number of thioether (sulfide) groups is 1. The van der Waals surface area contributed by atoms with E-state index in [4.69, 9.17) is 0 Å². The molecule has 0 aliphatic carbocycles. The van der Waals surface area contributed by atoms with Gasteiger partial charge in [-0.2, -0.15) is 9.61 Å². The second-order valence-corrected chi connectivity index (χ2v) is 8.82. The van der Waals surface area contributed by atoms with Crippen molar-refractivity contribution in [3.63, 3.8) is 0 Å². The zero-order valence-electron chi connectivity index (χ0n) is 16.6. The molecule has 2 aromatic carbocycles. The second kappa shape index (κ2) is 8.44. The standard InChI is InChI=1S/C22H18N6OS2/c1-2-14-7-9-15(10-8-14)16-11-12-19-25-26-22(28(19)27-16)30-13-20(29)24-21-23-17-5-3-4-6-18(17)31-21/h3-12H,2,13H2,1H3,(H,23,24,29). The first-order valence-electron chi connectivity index (χ1n) is 9.79. The Kier molecular flexibility index (Phi) is 5.35. The number of nitrogens with zero attached hydrogens (tertiary/aromatic N) is 5. The molecular weight excluding hydrogens is 428 g/mol. The monoisotopic (exact) mass is 446 g/mol. The molecule has 0 atom stereocenters. The molecule has 31 heavy (non-hydrogen) atoms. The third-order valence-electron chi connectivity index (χ3n) is 4.76. The minimum atomic E-state index is -0.146. The van der Waals surface area contributed by atoms with E-state index in [1.165, 1.54) is 28.7 Å². The van der Waals surface area contributed by atoms with Crippen LogP contribution in [-0.2, 0) is 11.2 Å². The number of aromatic nitrogens is 5. The molecule has 7 nitrogen and oxygen atoms in total. The van der Waals surface area contributed by atoms with Crippen LogP contribution in [0.4, 0.5) is 5.13 Å². The van der Waals surface area contributed by atoms with Crippen LogP contribution in [0.3, 0.4) is 0 Å². The van der Waals surface area contributed by atoms with Crippen molar-refractivity contribution in [3.05, 3.63) is 66.2 Å². The molecule has 5 rings (SSSR count). The molecule has 1 N–H and O–H groups in total. The van der Waals surface area contributed by atoms with E-state index in [1.807, 2.05) is 36.4 Å². The molecule has 9 heteroatoms. The molecule has 0 fully saturated rings. The fraction of sp³-hybridized carbons (Fsp3) is 0.136. The summed E-state index contributed by atoms with van der Waals surface area (Å²) in [6, 6.07) is 20.0. The van der Waals surface area contributed by atoms with E-state index in [0.29, 0.717) is 15.9 Å². The zero-order valence-corrected chi connectivity index (χ0v) is 18.3. The van der Waals surface area contributed by atoms with Crippen LogP contribution in [0, 0.1) is 0 Å². The summed E-state index contributed by atoms with van der Waals surface area (Å²) in [4.78, 5) is 16.9. The summed E-state index contributed by atoms with van der Waals surface area (Å²) in [5.74, 6) is 0.0421. The number of para-hydroxylation sites is 1. The lowest BCUT2D eigenvalue weighted by Crippen LogP contribution is -2.14.